The van der Waals surface area contributed by atoms with Gasteiger partial charge in [-0.05, 0) is 50.6 Å². The Morgan fingerprint density at radius 1 is 1.11 bits per heavy atom. The normalized spacial score (nSPS) is 22.1. The van der Waals surface area contributed by atoms with Crippen molar-refractivity contribution < 1.29 is 4.74 Å². The number of benzene rings is 1. The fraction of sp³-hybridized carbons (Fsp3) is 0.571. The molecular weight excluding hydrogens is 356 g/mol. The minimum absolute atomic E-state index is 0.700. The van der Waals surface area contributed by atoms with Crippen molar-refractivity contribution in [1.29, 1.82) is 0 Å². The third-order valence-electron chi connectivity index (χ3n) is 5.80. The van der Waals surface area contributed by atoms with Crippen LogP contribution in [0.2, 0.25) is 0 Å². The van der Waals surface area contributed by atoms with Crippen LogP contribution in [0.15, 0.2) is 30.5 Å². The van der Waals surface area contributed by atoms with Gasteiger partial charge in [-0.3, -0.25) is 9.80 Å². The van der Waals surface area contributed by atoms with Gasteiger partial charge < -0.3 is 9.64 Å². The number of methoxy groups -OCH3 is 1. The maximum atomic E-state index is 5.27. The number of rotatable bonds is 5. The Kier molecular flexibility index (Phi) is 5.95. The van der Waals surface area contributed by atoms with Gasteiger partial charge >= 0.3 is 0 Å². The summed E-state index contributed by atoms with van der Waals surface area (Å²) >= 11 is 1.84. The fourth-order valence-electron chi connectivity index (χ4n) is 4.31. The Morgan fingerprint density at radius 2 is 1.89 bits per heavy atom. The average molecular weight is 387 g/mol. The molecule has 2 fully saturated rings. The Morgan fingerprint density at radius 3 is 2.56 bits per heavy atom. The zero-order valence-corrected chi connectivity index (χ0v) is 17.2. The number of likely N-dealkylation sites (tertiary alicyclic amines) is 1. The van der Waals surface area contributed by atoms with Gasteiger partial charge in [0.05, 0.1) is 12.1 Å². The van der Waals surface area contributed by atoms with Crippen molar-refractivity contribution in [2.45, 2.75) is 32.4 Å². The standard InChI is InChI=1S/C21H30N4OS/c1-17-22-14-21(27-17)16-23-9-3-4-19(15-23)25-12-10-24(11-13-25)18-5-7-20(26-2)8-6-18/h5-8,14,19H,3-4,9-13,15-16H2,1-2H3/t19-/m1/s1. The zero-order valence-electron chi connectivity index (χ0n) is 16.4. The maximum absolute atomic E-state index is 5.27. The first-order valence-corrected chi connectivity index (χ1v) is 10.8. The molecule has 146 valence electrons. The molecule has 0 unspecified atom stereocenters. The molecule has 0 aliphatic carbocycles. The highest BCUT2D eigenvalue weighted by Gasteiger charge is 2.28. The molecule has 0 amide bonds. The first-order valence-electron chi connectivity index (χ1n) is 9.98. The van der Waals surface area contributed by atoms with E-state index in [1.807, 2.05) is 11.3 Å². The SMILES string of the molecule is COc1ccc(N2CCN([C@@H]3CCCN(Cc4cnc(C)s4)C3)CC2)cc1. The van der Waals surface area contributed by atoms with Crippen LogP contribution in [-0.2, 0) is 6.54 Å². The third kappa shape index (κ3) is 4.62. The van der Waals surface area contributed by atoms with Gasteiger partial charge in [-0.1, -0.05) is 0 Å². The number of piperazine rings is 1. The fourth-order valence-corrected chi connectivity index (χ4v) is 5.15. The number of ether oxygens (including phenoxy) is 1. The van der Waals surface area contributed by atoms with Crippen molar-refractivity contribution >= 4 is 17.0 Å². The number of thiazole rings is 1. The van der Waals surface area contributed by atoms with E-state index in [2.05, 4.69) is 57.1 Å². The largest absolute Gasteiger partial charge is 0.497 e. The van der Waals surface area contributed by atoms with E-state index < -0.39 is 0 Å². The maximum Gasteiger partial charge on any atom is 0.119 e. The molecule has 0 bridgehead atoms. The predicted molar refractivity (Wildman–Crippen MR) is 112 cm³/mol. The van der Waals surface area contributed by atoms with Gasteiger partial charge in [0.15, 0.2) is 0 Å². The number of hydrogen-bond acceptors (Lipinski definition) is 6. The Balaban J connectivity index is 1.29. The van der Waals surface area contributed by atoms with Crippen molar-refractivity contribution in [3.8, 4) is 5.75 Å². The van der Waals surface area contributed by atoms with Crippen molar-refractivity contribution in [3.63, 3.8) is 0 Å². The molecular formula is C21H30N4OS. The molecule has 6 heteroatoms. The second-order valence-corrected chi connectivity index (χ2v) is 8.92. The lowest BCUT2D eigenvalue weighted by Crippen LogP contribution is -2.55. The molecule has 3 heterocycles. The van der Waals surface area contributed by atoms with Gasteiger partial charge in [0.2, 0.25) is 0 Å². The summed E-state index contributed by atoms with van der Waals surface area (Å²) in [5, 5.41) is 1.17. The van der Waals surface area contributed by atoms with E-state index in [0.29, 0.717) is 6.04 Å². The minimum atomic E-state index is 0.700. The molecule has 1 aromatic carbocycles. The quantitative estimate of drug-likeness (QED) is 0.788. The molecule has 27 heavy (non-hydrogen) atoms. The van der Waals surface area contributed by atoms with E-state index in [1.54, 1.807) is 7.11 Å². The summed E-state index contributed by atoms with van der Waals surface area (Å²) in [5.74, 6) is 0.927. The van der Waals surface area contributed by atoms with Crippen molar-refractivity contribution in [3.05, 3.63) is 40.3 Å². The summed E-state index contributed by atoms with van der Waals surface area (Å²) < 4.78 is 5.27. The smallest absolute Gasteiger partial charge is 0.119 e. The van der Waals surface area contributed by atoms with Gasteiger partial charge in [-0.15, -0.1) is 11.3 Å². The molecule has 0 radical (unpaired) electrons. The molecule has 2 aliphatic rings. The molecule has 0 saturated carbocycles. The van der Waals surface area contributed by atoms with Crippen molar-refractivity contribution in [1.82, 2.24) is 14.8 Å². The molecule has 0 spiro atoms. The van der Waals surface area contributed by atoms with E-state index in [0.717, 1.165) is 38.5 Å². The first kappa shape index (κ1) is 18.7. The lowest BCUT2D eigenvalue weighted by Gasteiger charge is -2.44. The second kappa shape index (κ2) is 8.59. The van der Waals surface area contributed by atoms with Gasteiger partial charge in [-0.25, -0.2) is 4.98 Å². The van der Waals surface area contributed by atoms with Crippen LogP contribution in [0.25, 0.3) is 0 Å². The highest BCUT2D eigenvalue weighted by atomic mass is 32.1. The van der Waals surface area contributed by atoms with Crippen LogP contribution in [0.1, 0.15) is 22.7 Å². The average Bonchev–Trinajstić information content (AvgIpc) is 3.13. The molecule has 5 nitrogen and oxygen atoms in total. The van der Waals surface area contributed by atoms with Crippen molar-refractivity contribution in [2.75, 3.05) is 51.3 Å². The lowest BCUT2D eigenvalue weighted by molar-refractivity contribution is 0.0893. The van der Waals surface area contributed by atoms with Gasteiger partial charge in [0.25, 0.3) is 0 Å². The highest BCUT2D eigenvalue weighted by molar-refractivity contribution is 7.11. The Bertz CT molecular complexity index is 724. The topological polar surface area (TPSA) is 31.8 Å². The monoisotopic (exact) mass is 386 g/mol. The van der Waals surface area contributed by atoms with E-state index in [-0.39, 0.29) is 0 Å². The highest BCUT2D eigenvalue weighted by Crippen LogP contribution is 2.24. The molecule has 1 aromatic heterocycles. The lowest BCUT2D eigenvalue weighted by atomic mass is 10.0. The molecule has 2 saturated heterocycles. The van der Waals surface area contributed by atoms with Gasteiger partial charge in [0.1, 0.15) is 5.75 Å². The number of aromatic nitrogens is 1. The van der Waals surface area contributed by atoms with E-state index in [9.17, 15) is 0 Å². The second-order valence-electron chi connectivity index (χ2n) is 7.60. The Labute approximate surface area is 166 Å². The van der Waals surface area contributed by atoms with E-state index in [1.165, 1.54) is 41.5 Å². The molecule has 2 aliphatic heterocycles. The van der Waals surface area contributed by atoms with Crippen LogP contribution in [-0.4, -0.2) is 67.2 Å². The van der Waals surface area contributed by atoms with Crippen LogP contribution in [0.5, 0.6) is 5.75 Å². The van der Waals surface area contributed by atoms with Crippen LogP contribution in [0.4, 0.5) is 5.69 Å². The van der Waals surface area contributed by atoms with Crippen LogP contribution < -0.4 is 9.64 Å². The van der Waals surface area contributed by atoms with E-state index >= 15 is 0 Å². The van der Waals surface area contributed by atoms with Crippen molar-refractivity contribution in [2.24, 2.45) is 0 Å². The number of anilines is 1. The summed E-state index contributed by atoms with van der Waals surface area (Å²) in [6, 6.07) is 9.16. The van der Waals surface area contributed by atoms with Crippen LogP contribution in [0, 0.1) is 6.92 Å². The number of hydrogen-bond donors (Lipinski definition) is 0. The predicted octanol–water partition coefficient (Wildman–Crippen LogP) is 3.25. The summed E-state index contributed by atoms with van der Waals surface area (Å²) in [5.41, 5.74) is 1.31. The van der Waals surface area contributed by atoms with Gasteiger partial charge in [0, 0.05) is 62.1 Å². The Hall–Kier alpha value is -1.63. The third-order valence-corrected chi connectivity index (χ3v) is 6.69. The zero-order chi connectivity index (χ0) is 18.6. The summed E-state index contributed by atoms with van der Waals surface area (Å²) in [6.45, 7) is 10.1. The molecule has 4 rings (SSSR count). The molecule has 1 atom stereocenters. The molecule has 2 aromatic rings. The molecule has 0 N–H and O–H groups in total. The minimum Gasteiger partial charge on any atom is -0.497 e. The van der Waals surface area contributed by atoms with Gasteiger partial charge in [-0.2, -0.15) is 0 Å². The van der Waals surface area contributed by atoms with Crippen LogP contribution in [0.3, 0.4) is 0 Å². The number of aryl methyl sites for hydroxylation is 1. The summed E-state index contributed by atoms with van der Waals surface area (Å²) in [7, 11) is 1.72. The first-order chi connectivity index (χ1) is 13.2. The number of nitrogens with zero attached hydrogens (tertiary/aromatic N) is 4. The van der Waals surface area contributed by atoms with E-state index in [4.69, 9.17) is 4.74 Å². The summed E-state index contributed by atoms with van der Waals surface area (Å²) in [6.07, 6.45) is 4.69. The van der Waals surface area contributed by atoms with Crippen LogP contribution >= 0.6 is 11.3 Å². The number of piperidine rings is 1. The summed E-state index contributed by atoms with van der Waals surface area (Å²) in [4.78, 5) is 13.6.